The van der Waals surface area contributed by atoms with Gasteiger partial charge in [-0.05, 0) is 13.8 Å². The Balaban J connectivity index is 3.09. The van der Waals surface area contributed by atoms with E-state index in [1.54, 1.807) is 13.8 Å². The normalized spacial score (nSPS) is 9.80. The molecule has 0 radical (unpaired) electrons. The van der Waals surface area contributed by atoms with E-state index in [4.69, 9.17) is 29.6 Å². The number of carbonyl (C=O) groups is 1. The molecule has 0 bridgehead atoms. The van der Waals surface area contributed by atoms with Crippen LogP contribution in [0.5, 0.6) is 0 Å². The molecule has 0 aliphatic carbocycles. The number of nitrogens with one attached hydrogen (secondary N) is 1. The van der Waals surface area contributed by atoms with Crippen LogP contribution in [0.25, 0.3) is 0 Å². The van der Waals surface area contributed by atoms with Crippen LogP contribution in [0.1, 0.15) is 23.1 Å². The fourth-order valence-electron chi connectivity index (χ4n) is 0.950. The molecule has 0 fully saturated rings. The summed E-state index contributed by atoms with van der Waals surface area (Å²) in [6.07, 6.45) is 0. The van der Waals surface area contributed by atoms with E-state index < -0.39 is 5.91 Å². The first-order chi connectivity index (χ1) is 6.91. The van der Waals surface area contributed by atoms with E-state index in [-0.39, 0.29) is 16.7 Å². The number of anilines is 1. The van der Waals surface area contributed by atoms with Crippen molar-refractivity contribution in [2.45, 2.75) is 13.8 Å². The van der Waals surface area contributed by atoms with Crippen LogP contribution in [-0.4, -0.2) is 20.9 Å². The van der Waals surface area contributed by atoms with Crippen molar-refractivity contribution in [3.63, 3.8) is 0 Å². The number of amides is 1. The number of nitrogens with zero attached hydrogens (tertiary/aromatic N) is 2. The SMILES string of the molecule is CC(=S)NC(=O)c1nc(Cl)c(N)nc1C. The predicted octanol–water partition coefficient (Wildman–Crippen LogP) is 1.10. The molecular weight excluding hydrogens is 236 g/mol. The van der Waals surface area contributed by atoms with Gasteiger partial charge in [0.15, 0.2) is 16.7 Å². The number of hydrogen-bond donors (Lipinski definition) is 2. The molecule has 0 unspecified atom stereocenters. The third-order valence-corrected chi connectivity index (χ3v) is 1.94. The molecule has 5 nitrogen and oxygen atoms in total. The van der Waals surface area contributed by atoms with Crippen LogP contribution in [0.4, 0.5) is 5.82 Å². The average molecular weight is 245 g/mol. The van der Waals surface area contributed by atoms with Gasteiger partial charge in [0, 0.05) is 0 Å². The quantitative estimate of drug-likeness (QED) is 0.723. The van der Waals surface area contributed by atoms with Gasteiger partial charge in [-0.1, -0.05) is 23.8 Å². The number of carbonyl (C=O) groups excluding carboxylic acids is 1. The molecule has 3 N–H and O–H groups in total. The first-order valence-electron chi connectivity index (χ1n) is 4.03. The van der Waals surface area contributed by atoms with Crippen molar-refractivity contribution in [2.75, 3.05) is 5.73 Å². The fourth-order valence-corrected chi connectivity index (χ4v) is 1.17. The molecule has 0 atom stereocenters. The molecular formula is C8H9ClN4OS. The topological polar surface area (TPSA) is 80.9 Å². The lowest BCUT2D eigenvalue weighted by Gasteiger charge is -2.06. The van der Waals surface area contributed by atoms with E-state index in [1.165, 1.54) is 0 Å². The van der Waals surface area contributed by atoms with Crippen LogP contribution in [0, 0.1) is 6.92 Å². The average Bonchev–Trinajstić information content (AvgIpc) is 2.09. The van der Waals surface area contributed by atoms with Crippen LogP contribution in [0.2, 0.25) is 5.15 Å². The number of thiocarbonyl (C=S) groups is 1. The van der Waals surface area contributed by atoms with Crippen LogP contribution in [-0.2, 0) is 0 Å². The second-order valence-electron chi connectivity index (χ2n) is 2.84. The van der Waals surface area contributed by atoms with Crippen LogP contribution >= 0.6 is 23.8 Å². The molecule has 1 rings (SSSR count). The van der Waals surface area contributed by atoms with Crippen molar-refractivity contribution < 1.29 is 4.79 Å². The minimum Gasteiger partial charge on any atom is -0.381 e. The van der Waals surface area contributed by atoms with Crippen LogP contribution in [0.3, 0.4) is 0 Å². The highest BCUT2D eigenvalue weighted by Gasteiger charge is 2.14. The maximum absolute atomic E-state index is 11.5. The van der Waals surface area contributed by atoms with Gasteiger partial charge >= 0.3 is 0 Å². The Morgan fingerprint density at radius 2 is 2.13 bits per heavy atom. The summed E-state index contributed by atoms with van der Waals surface area (Å²) in [5, 5.41) is 2.44. The monoisotopic (exact) mass is 244 g/mol. The van der Waals surface area contributed by atoms with Gasteiger partial charge in [-0.25, -0.2) is 9.97 Å². The fraction of sp³-hybridized carbons (Fsp3) is 0.250. The Morgan fingerprint density at radius 1 is 1.53 bits per heavy atom. The smallest absolute Gasteiger partial charge is 0.276 e. The number of hydrogen-bond acceptors (Lipinski definition) is 5. The Labute approximate surface area is 97.0 Å². The molecule has 0 spiro atoms. The summed E-state index contributed by atoms with van der Waals surface area (Å²) in [4.78, 5) is 19.6. The van der Waals surface area contributed by atoms with Gasteiger partial charge in [-0.2, -0.15) is 0 Å². The van der Waals surface area contributed by atoms with E-state index in [9.17, 15) is 4.79 Å². The first-order valence-corrected chi connectivity index (χ1v) is 4.82. The lowest BCUT2D eigenvalue weighted by atomic mass is 10.3. The molecule has 1 aromatic rings. The zero-order valence-corrected chi connectivity index (χ0v) is 9.74. The predicted molar refractivity (Wildman–Crippen MR) is 61.9 cm³/mol. The molecule has 15 heavy (non-hydrogen) atoms. The van der Waals surface area contributed by atoms with Gasteiger partial charge in [0.1, 0.15) is 0 Å². The molecule has 80 valence electrons. The van der Waals surface area contributed by atoms with Crippen molar-refractivity contribution in [3.05, 3.63) is 16.5 Å². The van der Waals surface area contributed by atoms with Gasteiger partial charge in [-0.3, -0.25) is 4.79 Å². The summed E-state index contributed by atoms with van der Waals surface area (Å²) in [6, 6.07) is 0. The zero-order valence-electron chi connectivity index (χ0n) is 8.17. The van der Waals surface area contributed by atoms with E-state index in [2.05, 4.69) is 15.3 Å². The minimum atomic E-state index is -0.436. The summed E-state index contributed by atoms with van der Waals surface area (Å²) in [6.45, 7) is 3.21. The van der Waals surface area contributed by atoms with Gasteiger partial charge in [0.2, 0.25) is 0 Å². The molecule has 7 heteroatoms. The maximum atomic E-state index is 11.5. The van der Waals surface area contributed by atoms with Gasteiger partial charge in [0.05, 0.1) is 10.7 Å². The second-order valence-corrected chi connectivity index (χ2v) is 3.81. The highest BCUT2D eigenvalue weighted by molar-refractivity contribution is 7.80. The second kappa shape index (κ2) is 4.50. The molecule has 1 heterocycles. The van der Waals surface area contributed by atoms with E-state index >= 15 is 0 Å². The highest BCUT2D eigenvalue weighted by Crippen LogP contribution is 2.15. The number of rotatable bonds is 1. The highest BCUT2D eigenvalue weighted by atomic mass is 35.5. The van der Waals surface area contributed by atoms with Crippen molar-refractivity contribution in [1.29, 1.82) is 0 Å². The Kier molecular flexibility index (Phi) is 3.54. The number of nitrogen functional groups attached to an aromatic ring is 1. The summed E-state index contributed by atoms with van der Waals surface area (Å²) in [5.41, 5.74) is 5.96. The number of halogens is 1. The summed E-state index contributed by atoms with van der Waals surface area (Å²) in [7, 11) is 0. The van der Waals surface area contributed by atoms with Crippen molar-refractivity contribution >= 4 is 40.5 Å². The van der Waals surface area contributed by atoms with Gasteiger partial charge < -0.3 is 11.1 Å². The van der Waals surface area contributed by atoms with E-state index in [0.717, 1.165) is 0 Å². The Morgan fingerprint density at radius 3 is 2.67 bits per heavy atom. The molecule has 0 aromatic carbocycles. The van der Waals surface area contributed by atoms with Crippen molar-refractivity contribution in [1.82, 2.24) is 15.3 Å². The first kappa shape index (κ1) is 11.8. The number of aromatic nitrogens is 2. The van der Waals surface area contributed by atoms with Gasteiger partial charge in [-0.15, -0.1) is 0 Å². The Hall–Kier alpha value is -1.27. The standard InChI is InChI=1S/C8H9ClN4OS/c1-3-5(8(14)12-4(2)15)13-6(9)7(10)11-3/h1-2H3,(H2,10,11)(H,12,14,15). The molecule has 0 saturated heterocycles. The number of aryl methyl sites for hydroxylation is 1. The maximum Gasteiger partial charge on any atom is 0.276 e. The molecule has 1 aromatic heterocycles. The third-order valence-electron chi connectivity index (χ3n) is 1.56. The lowest BCUT2D eigenvalue weighted by Crippen LogP contribution is -2.28. The van der Waals surface area contributed by atoms with Crippen molar-refractivity contribution in [3.8, 4) is 0 Å². The molecule has 0 aliphatic rings. The van der Waals surface area contributed by atoms with E-state index in [1.807, 2.05) is 0 Å². The largest absolute Gasteiger partial charge is 0.381 e. The summed E-state index contributed by atoms with van der Waals surface area (Å²) >= 11 is 10.4. The zero-order chi connectivity index (χ0) is 11.6. The molecule has 0 saturated carbocycles. The van der Waals surface area contributed by atoms with Crippen LogP contribution < -0.4 is 11.1 Å². The van der Waals surface area contributed by atoms with Crippen LogP contribution in [0.15, 0.2) is 0 Å². The van der Waals surface area contributed by atoms with E-state index in [0.29, 0.717) is 10.7 Å². The lowest BCUT2D eigenvalue weighted by molar-refractivity contribution is 0.0971. The molecule has 0 aliphatic heterocycles. The minimum absolute atomic E-state index is 0.00720. The Bertz CT molecular complexity index is 435. The third kappa shape index (κ3) is 2.84. The summed E-state index contributed by atoms with van der Waals surface area (Å²) in [5.74, 6) is -0.334. The summed E-state index contributed by atoms with van der Waals surface area (Å²) < 4.78 is 0. The van der Waals surface area contributed by atoms with Gasteiger partial charge in [0.25, 0.3) is 5.91 Å². The number of nitrogens with two attached hydrogens (primary N) is 1. The van der Waals surface area contributed by atoms with Crippen molar-refractivity contribution in [2.24, 2.45) is 0 Å². The molecule has 1 amide bonds.